The van der Waals surface area contributed by atoms with Gasteiger partial charge in [0.15, 0.2) is 0 Å². The lowest BCUT2D eigenvalue weighted by Gasteiger charge is -2.41. The Kier molecular flexibility index (Phi) is 2.28. The molecule has 0 bridgehead atoms. The van der Waals surface area contributed by atoms with E-state index in [-0.39, 0.29) is 5.91 Å². The maximum atomic E-state index is 11.6. The van der Waals surface area contributed by atoms with E-state index >= 15 is 0 Å². The van der Waals surface area contributed by atoms with Gasteiger partial charge >= 0.3 is 0 Å². The number of rotatable bonds is 1. The van der Waals surface area contributed by atoms with Gasteiger partial charge in [0, 0.05) is 11.1 Å². The molecule has 0 spiro atoms. The third-order valence-corrected chi connectivity index (χ3v) is 3.61. The lowest BCUT2D eigenvalue weighted by molar-refractivity contribution is -0.115. The van der Waals surface area contributed by atoms with Crippen LogP contribution >= 0.6 is 11.6 Å². The SMILES string of the molecule is O=C1CN(C2CCC2)c2cc(Cl)ccc2N1. The smallest absolute Gasteiger partial charge is 0.243 e. The molecule has 0 aromatic heterocycles. The molecular formula is C12H13ClN2O. The molecule has 4 heteroatoms. The van der Waals surface area contributed by atoms with Gasteiger partial charge in [-0.25, -0.2) is 0 Å². The van der Waals surface area contributed by atoms with Crippen molar-refractivity contribution in [3.63, 3.8) is 0 Å². The van der Waals surface area contributed by atoms with Crippen molar-refractivity contribution in [3.8, 4) is 0 Å². The maximum Gasteiger partial charge on any atom is 0.243 e. The lowest BCUT2D eigenvalue weighted by Crippen LogP contribution is -2.47. The van der Waals surface area contributed by atoms with Crippen LogP contribution in [-0.2, 0) is 4.79 Å². The molecule has 0 atom stereocenters. The van der Waals surface area contributed by atoms with Gasteiger partial charge in [0.25, 0.3) is 0 Å². The van der Waals surface area contributed by atoms with Crippen LogP contribution < -0.4 is 10.2 Å². The zero-order chi connectivity index (χ0) is 11.1. The Morgan fingerprint density at radius 2 is 2.19 bits per heavy atom. The van der Waals surface area contributed by atoms with Crippen molar-refractivity contribution in [1.29, 1.82) is 0 Å². The van der Waals surface area contributed by atoms with Crippen LogP contribution in [0.4, 0.5) is 11.4 Å². The second-order valence-corrected chi connectivity index (χ2v) is 4.86. The van der Waals surface area contributed by atoms with Crippen LogP contribution in [0, 0.1) is 0 Å². The standard InChI is InChI=1S/C12H13ClN2O/c13-8-4-5-10-11(6-8)15(7-12(16)14-10)9-2-1-3-9/h4-6,9H,1-3,7H2,(H,14,16). The Bertz CT molecular complexity index is 443. The molecule has 1 aliphatic heterocycles. The van der Waals surface area contributed by atoms with Crippen molar-refractivity contribution in [2.75, 3.05) is 16.8 Å². The molecule has 16 heavy (non-hydrogen) atoms. The summed E-state index contributed by atoms with van der Waals surface area (Å²) in [6, 6.07) is 6.14. The van der Waals surface area contributed by atoms with Crippen LogP contribution in [-0.4, -0.2) is 18.5 Å². The number of nitrogens with one attached hydrogen (secondary N) is 1. The number of anilines is 2. The van der Waals surface area contributed by atoms with Gasteiger partial charge < -0.3 is 10.2 Å². The van der Waals surface area contributed by atoms with Crippen LogP contribution in [0.2, 0.25) is 5.02 Å². The van der Waals surface area contributed by atoms with Gasteiger partial charge in [0.05, 0.1) is 17.9 Å². The molecule has 0 radical (unpaired) electrons. The number of amides is 1. The van der Waals surface area contributed by atoms with Crippen molar-refractivity contribution in [1.82, 2.24) is 0 Å². The molecule has 1 fully saturated rings. The van der Waals surface area contributed by atoms with Crippen LogP contribution in [0.3, 0.4) is 0 Å². The fraction of sp³-hybridized carbons (Fsp3) is 0.417. The summed E-state index contributed by atoms with van der Waals surface area (Å²) in [5.74, 6) is 0.0710. The van der Waals surface area contributed by atoms with E-state index in [1.807, 2.05) is 18.2 Å². The van der Waals surface area contributed by atoms with Crippen molar-refractivity contribution >= 4 is 28.9 Å². The number of hydrogen-bond donors (Lipinski definition) is 1. The maximum absolute atomic E-state index is 11.6. The van der Waals surface area contributed by atoms with Gasteiger partial charge in [-0.1, -0.05) is 11.6 Å². The zero-order valence-electron chi connectivity index (χ0n) is 8.87. The highest BCUT2D eigenvalue weighted by Crippen LogP contribution is 2.37. The van der Waals surface area contributed by atoms with Crippen molar-refractivity contribution < 1.29 is 4.79 Å². The zero-order valence-corrected chi connectivity index (χ0v) is 9.63. The van der Waals surface area contributed by atoms with E-state index in [4.69, 9.17) is 11.6 Å². The second kappa shape index (κ2) is 3.67. The molecule has 3 nitrogen and oxygen atoms in total. The first-order chi connectivity index (χ1) is 7.74. The molecule has 3 rings (SSSR count). The highest BCUT2D eigenvalue weighted by Gasteiger charge is 2.31. The third kappa shape index (κ3) is 1.55. The molecule has 1 saturated carbocycles. The quantitative estimate of drug-likeness (QED) is 0.813. The molecule has 1 aliphatic carbocycles. The summed E-state index contributed by atoms with van der Waals surface area (Å²) in [5.41, 5.74) is 1.95. The Labute approximate surface area is 99.4 Å². The molecule has 1 heterocycles. The minimum Gasteiger partial charge on any atom is -0.358 e. The van der Waals surface area contributed by atoms with Gasteiger partial charge in [-0.3, -0.25) is 4.79 Å². The van der Waals surface area contributed by atoms with Crippen LogP contribution in [0.5, 0.6) is 0 Å². The molecule has 2 aliphatic rings. The fourth-order valence-electron chi connectivity index (χ4n) is 2.30. The van der Waals surface area contributed by atoms with E-state index < -0.39 is 0 Å². The molecule has 84 valence electrons. The van der Waals surface area contributed by atoms with E-state index in [2.05, 4.69) is 10.2 Å². The number of fused-ring (bicyclic) bond motifs is 1. The molecule has 0 unspecified atom stereocenters. The van der Waals surface area contributed by atoms with Gasteiger partial charge in [-0.05, 0) is 37.5 Å². The first-order valence-electron chi connectivity index (χ1n) is 5.60. The topological polar surface area (TPSA) is 32.3 Å². The average molecular weight is 237 g/mol. The fourth-order valence-corrected chi connectivity index (χ4v) is 2.47. The first-order valence-corrected chi connectivity index (χ1v) is 5.98. The second-order valence-electron chi connectivity index (χ2n) is 4.42. The van der Waals surface area contributed by atoms with Gasteiger partial charge in [0.1, 0.15) is 0 Å². The van der Waals surface area contributed by atoms with Crippen LogP contribution in [0.1, 0.15) is 19.3 Å². The molecule has 1 aromatic carbocycles. The van der Waals surface area contributed by atoms with E-state index in [0.29, 0.717) is 12.6 Å². The molecule has 1 aromatic rings. The summed E-state index contributed by atoms with van der Waals surface area (Å²) in [7, 11) is 0. The molecule has 0 saturated heterocycles. The monoisotopic (exact) mass is 236 g/mol. The number of carbonyl (C=O) groups is 1. The predicted molar refractivity (Wildman–Crippen MR) is 65.1 cm³/mol. The van der Waals surface area contributed by atoms with Gasteiger partial charge in [-0.15, -0.1) is 0 Å². The Morgan fingerprint density at radius 3 is 2.88 bits per heavy atom. The van der Waals surface area contributed by atoms with Crippen LogP contribution in [0.25, 0.3) is 0 Å². The highest BCUT2D eigenvalue weighted by molar-refractivity contribution is 6.31. The first kappa shape index (κ1) is 9.97. The number of carbonyl (C=O) groups excluding carboxylic acids is 1. The summed E-state index contributed by atoms with van der Waals surface area (Å²) in [4.78, 5) is 13.8. The summed E-state index contributed by atoms with van der Waals surface area (Å²) in [6.45, 7) is 0.456. The minimum atomic E-state index is 0.0710. The van der Waals surface area contributed by atoms with E-state index in [9.17, 15) is 4.79 Å². The van der Waals surface area contributed by atoms with Crippen molar-refractivity contribution in [2.24, 2.45) is 0 Å². The lowest BCUT2D eigenvalue weighted by atomic mass is 9.90. The van der Waals surface area contributed by atoms with Crippen molar-refractivity contribution in [2.45, 2.75) is 25.3 Å². The largest absolute Gasteiger partial charge is 0.358 e. The summed E-state index contributed by atoms with van der Waals surface area (Å²) in [6.07, 6.45) is 3.62. The van der Waals surface area contributed by atoms with E-state index in [1.54, 1.807) is 0 Å². The van der Waals surface area contributed by atoms with Crippen LogP contribution in [0.15, 0.2) is 18.2 Å². The molecular weight excluding hydrogens is 224 g/mol. The molecule has 1 N–H and O–H groups in total. The predicted octanol–water partition coefficient (Wildman–Crippen LogP) is 2.65. The number of hydrogen-bond acceptors (Lipinski definition) is 2. The molecule has 1 amide bonds. The van der Waals surface area contributed by atoms with E-state index in [0.717, 1.165) is 16.4 Å². The number of benzene rings is 1. The minimum absolute atomic E-state index is 0.0710. The van der Waals surface area contributed by atoms with E-state index in [1.165, 1.54) is 19.3 Å². The Hall–Kier alpha value is -1.22. The van der Waals surface area contributed by atoms with Gasteiger partial charge in [-0.2, -0.15) is 0 Å². The highest BCUT2D eigenvalue weighted by atomic mass is 35.5. The average Bonchev–Trinajstić information content (AvgIpc) is 2.16. The number of halogens is 1. The summed E-state index contributed by atoms with van der Waals surface area (Å²) in [5, 5.41) is 3.60. The van der Waals surface area contributed by atoms with Crippen molar-refractivity contribution in [3.05, 3.63) is 23.2 Å². The van der Waals surface area contributed by atoms with Gasteiger partial charge in [0.2, 0.25) is 5.91 Å². The Morgan fingerprint density at radius 1 is 1.38 bits per heavy atom. The third-order valence-electron chi connectivity index (χ3n) is 3.37. The summed E-state index contributed by atoms with van der Waals surface area (Å²) >= 11 is 6.00. The Balaban J connectivity index is 2.01. The normalized spacial score (nSPS) is 20.1. The summed E-state index contributed by atoms with van der Waals surface area (Å²) < 4.78 is 0. The number of nitrogens with zero attached hydrogens (tertiary/aromatic N) is 1.